The molecule has 2 aliphatic heterocycles. The fourth-order valence-corrected chi connectivity index (χ4v) is 6.71. The third kappa shape index (κ3) is 4.93. The lowest BCUT2D eigenvalue weighted by Crippen LogP contribution is -2.52. The van der Waals surface area contributed by atoms with Crippen molar-refractivity contribution in [2.24, 2.45) is 10.8 Å². The lowest BCUT2D eigenvalue weighted by molar-refractivity contribution is -0.245. The maximum atomic E-state index is 13.7. The average molecular weight is 611 g/mol. The zero-order chi connectivity index (χ0) is 31.7. The van der Waals surface area contributed by atoms with Gasteiger partial charge >= 0.3 is 0 Å². The summed E-state index contributed by atoms with van der Waals surface area (Å²) in [7, 11) is 2.02. The Morgan fingerprint density at radius 1 is 1.07 bits per heavy atom. The number of hydrazone groups is 1. The van der Waals surface area contributed by atoms with E-state index in [0.29, 0.717) is 18.8 Å². The summed E-state index contributed by atoms with van der Waals surface area (Å²) < 4.78 is 12.2. The van der Waals surface area contributed by atoms with Crippen molar-refractivity contribution in [1.82, 2.24) is 9.91 Å². The van der Waals surface area contributed by atoms with E-state index in [2.05, 4.69) is 4.90 Å². The molecule has 2 saturated heterocycles. The van der Waals surface area contributed by atoms with E-state index in [9.17, 15) is 35.1 Å². The van der Waals surface area contributed by atoms with Gasteiger partial charge in [-0.25, -0.2) is 0 Å². The van der Waals surface area contributed by atoms with Crippen molar-refractivity contribution < 1.29 is 44.6 Å². The number of ether oxygens (including phenoxy) is 2. The van der Waals surface area contributed by atoms with Gasteiger partial charge in [0, 0.05) is 68.2 Å². The van der Waals surface area contributed by atoms with Crippen LogP contribution in [-0.2, 0) is 15.9 Å². The Kier molecular flexibility index (Phi) is 7.67. The number of piperazine rings is 1. The first-order valence-electron chi connectivity index (χ1n) is 14.8. The molecule has 0 bridgehead atoms. The van der Waals surface area contributed by atoms with Gasteiger partial charge in [0.15, 0.2) is 12.1 Å². The number of fused-ring (bicyclic) bond motifs is 3. The molecule has 236 valence electrons. The molecule has 0 amide bonds. The van der Waals surface area contributed by atoms with Crippen molar-refractivity contribution >= 4 is 17.3 Å². The number of phenolic OH excluding ortho intramolecular Hbond substituents is 3. The number of rotatable bonds is 4. The summed E-state index contributed by atoms with van der Waals surface area (Å²) in [6, 6.07) is 3.36. The fraction of sp³-hybridized carbons (Fsp3) is 0.516. The van der Waals surface area contributed by atoms with E-state index < -0.39 is 76.2 Å². The first-order valence-corrected chi connectivity index (χ1v) is 14.8. The van der Waals surface area contributed by atoms with Gasteiger partial charge in [-0.1, -0.05) is 12.1 Å². The quantitative estimate of drug-likeness (QED) is 0.179. The Hall–Kier alpha value is -3.59. The number of aliphatic hydroxyl groups excluding tert-OH is 1. The van der Waals surface area contributed by atoms with Crippen LogP contribution in [0.2, 0.25) is 0 Å². The minimum atomic E-state index is -1.68. The van der Waals surface area contributed by atoms with Crippen LogP contribution in [0.3, 0.4) is 0 Å². The number of hydrogen-bond acceptors (Lipinski definition) is 13. The summed E-state index contributed by atoms with van der Waals surface area (Å²) in [5.74, 6) is -3.17. The number of nitrogens with two attached hydrogens (primary N) is 1. The van der Waals surface area contributed by atoms with Crippen LogP contribution in [0.15, 0.2) is 23.3 Å². The van der Waals surface area contributed by atoms with Gasteiger partial charge in [-0.2, -0.15) is 5.10 Å². The number of hydrogen-bond donors (Lipinski definition) is 6. The first-order chi connectivity index (χ1) is 20.8. The number of nitrogens with zero attached hydrogens (tertiary/aromatic N) is 3. The average Bonchev–Trinajstić information content (AvgIpc) is 2.97. The second-order valence-corrected chi connectivity index (χ2v) is 12.3. The third-order valence-electron chi connectivity index (χ3n) is 9.38. The normalized spacial score (nSPS) is 31.0. The Morgan fingerprint density at radius 2 is 1.75 bits per heavy atom. The van der Waals surface area contributed by atoms with Gasteiger partial charge in [-0.15, -0.1) is 0 Å². The second-order valence-electron chi connectivity index (χ2n) is 12.3. The largest absolute Gasteiger partial charge is 0.507 e. The molecular weight excluding hydrogens is 572 g/mol. The van der Waals surface area contributed by atoms with E-state index >= 15 is 0 Å². The number of carbonyl (C=O) groups is 2. The van der Waals surface area contributed by atoms with Crippen molar-refractivity contribution in [1.29, 1.82) is 0 Å². The summed E-state index contributed by atoms with van der Waals surface area (Å²) in [5, 5.41) is 62.7. The summed E-state index contributed by atoms with van der Waals surface area (Å²) in [5.41, 5.74) is 3.61. The topological polar surface area (TPSA) is 199 Å². The molecule has 0 aromatic heterocycles. The zero-order valence-electron chi connectivity index (χ0n) is 24.9. The van der Waals surface area contributed by atoms with Gasteiger partial charge in [-0.3, -0.25) is 14.6 Å². The molecule has 0 radical (unpaired) electrons. The standard InChI is InChI=1S/C31H38N4O9/c1-14-26(37)18(32)11-21(43-14)44-20-13-31(42,15(2)33-35-9-7-34(3)8-10-35)12-17-23(20)30(41)25-24(28(17)39)27(38)16-5-4-6-19(36)22(16)29(25)40/h4-6,14,18,20-21,26,36-37,39,41-42H,7-13,32H2,1-3H3/b33-15+/t14-,18-,20-,21-,26+,31-/m0/s1. The predicted molar refractivity (Wildman–Crippen MR) is 157 cm³/mol. The summed E-state index contributed by atoms with van der Waals surface area (Å²) >= 11 is 0. The molecule has 7 N–H and O–H groups in total. The maximum absolute atomic E-state index is 13.7. The molecule has 6 rings (SSSR count). The molecule has 0 saturated carbocycles. The Balaban J connectivity index is 1.47. The molecule has 2 fully saturated rings. The van der Waals surface area contributed by atoms with Gasteiger partial charge in [0.2, 0.25) is 5.78 Å². The monoisotopic (exact) mass is 610 g/mol. The van der Waals surface area contributed by atoms with Gasteiger partial charge < -0.3 is 45.6 Å². The number of carbonyl (C=O) groups excluding carboxylic acids is 2. The lowest BCUT2D eigenvalue weighted by Gasteiger charge is -2.43. The van der Waals surface area contributed by atoms with E-state index in [1.165, 1.54) is 18.2 Å². The molecule has 4 aliphatic rings. The van der Waals surface area contributed by atoms with E-state index in [0.717, 1.165) is 13.1 Å². The van der Waals surface area contributed by atoms with Crippen LogP contribution in [0.25, 0.3) is 0 Å². The van der Waals surface area contributed by atoms with E-state index in [1.807, 2.05) is 12.1 Å². The summed E-state index contributed by atoms with van der Waals surface area (Å²) in [6.45, 7) is 6.20. The van der Waals surface area contributed by atoms with E-state index in [-0.39, 0.29) is 41.5 Å². The van der Waals surface area contributed by atoms with Crippen molar-refractivity contribution in [3.63, 3.8) is 0 Å². The minimum absolute atomic E-state index is 0.0225. The molecule has 2 aromatic carbocycles. The molecule has 0 unspecified atom stereocenters. The van der Waals surface area contributed by atoms with Crippen LogP contribution in [0.1, 0.15) is 75.8 Å². The summed E-state index contributed by atoms with van der Waals surface area (Å²) in [6.07, 6.45) is -3.97. The Bertz CT molecular complexity index is 1540. The molecule has 13 heteroatoms. The minimum Gasteiger partial charge on any atom is -0.507 e. The Labute approximate surface area is 254 Å². The maximum Gasteiger partial charge on any atom is 0.202 e. The number of ketones is 2. The van der Waals surface area contributed by atoms with Crippen LogP contribution in [-0.4, -0.2) is 116 Å². The number of aliphatic hydroxyl groups is 2. The highest BCUT2D eigenvalue weighted by Crippen LogP contribution is 2.52. The molecular formula is C31H38N4O9. The highest BCUT2D eigenvalue weighted by molar-refractivity contribution is 6.31. The Morgan fingerprint density at radius 3 is 2.43 bits per heavy atom. The van der Waals surface area contributed by atoms with Gasteiger partial charge in [0.05, 0.1) is 40.7 Å². The molecule has 6 atom stereocenters. The number of benzene rings is 2. The third-order valence-corrected chi connectivity index (χ3v) is 9.38. The summed E-state index contributed by atoms with van der Waals surface area (Å²) in [4.78, 5) is 29.5. The molecule has 2 aliphatic carbocycles. The van der Waals surface area contributed by atoms with Crippen LogP contribution < -0.4 is 5.73 Å². The molecule has 2 aromatic rings. The predicted octanol–water partition coefficient (Wildman–Crippen LogP) is 0.760. The van der Waals surface area contributed by atoms with Crippen LogP contribution in [0.5, 0.6) is 17.2 Å². The van der Waals surface area contributed by atoms with Crippen LogP contribution >= 0.6 is 0 Å². The van der Waals surface area contributed by atoms with Crippen molar-refractivity contribution in [2.45, 2.75) is 69.4 Å². The zero-order valence-corrected chi connectivity index (χ0v) is 24.9. The first kappa shape index (κ1) is 30.4. The highest BCUT2D eigenvalue weighted by atomic mass is 16.7. The second kappa shape index (κ2) is 11.1. The number of phenols is 3. The lowest BCUT2D eigenvalue weighted by atomic mass is 9.72. The SMILES string of the molecule is C/C(=N\N1CCN(C)CC1)[C@]1(O)Cc2c(O)c3c(c(O)c2[C@@H](O[C@H]2C[C@H](N)[C@H](O)[C@H](C)O2)C1)C(=O)c1c(O)cccc1C3=O. The van der Waals surface area contributed by atoms with E-state index in [1.54, 1.807) is 13.8 Å². The number of aromatic hydroxyl groups is 3. The van der Waals surface area contributed by atoms with Crippen molar-refractivity contribution in [2.75, 3.05) is 33.2 Å². The van der Waals surface area contributed by atoms with Gasteiger partial charge in [-0.05, 0) is 27.0 Å². The van der Waals surface area contributed by atoms with Crippen molar-refractivity contribution in [3.8, 4) is 17.2 Å². The smallest absolute Gasteiger partial charge is 0.202 e. The number of likely N-dealkylation sites (N-methyl/N-ethyl adjacent to an activating group) is 1. The molecule has 0 spiro atoms. The van der Waals surface area contributed by atoms with Crippen molar-refractivity contribution in [3.05, 3.63) is 51.6 Å². The fourth-order valence-electron chi connectivity index (χ4n) is 6.71. The molecule has 2 heterocycles. The van der Waals surface area contributed by atoms with Gasteiger partial charge in [0.1, 0.15) is 22.8 Å². The van der Waals surface area contributed by atoms with E-state index in [4.69, 9.17) is 20.3 Å². The highest BCUT2D eigenvalue weighted by Gasteiger charge is 2.49. The molecule has 44 heavy (non-hydrogen) atoms. The van der Waals surface area contributed by atoms with Crippen LogP contribution in [0, 0.1) is 0 Å². The molecule has 13 nitrogen and oxygen atoms in total. The van der Waals surface area contributed by atoms with Crippen LogP contribution in [0.4, 0.5) is 0 Å². The van der Waals surface area contributed by atoms with Gasteiger partial charge in [0.25, 0.3) is 0 Å².